The molecule has 2 rings (SSSR count). The monoisotopic (exact) mass is 213 g/mol. The highest BCUT2D eigenvalue weighted by atomic mass is 32.2. The summed E-state index contributed by atoms with van der Waals surface area (Å²) in [5, 5.41) is 8.04. The van der Waals surface area contributed by atoms with E-state index in [2.05, 4.69) is 36.0 Å². The molecule has 0 spiro atoms. The molecule has 1 aliphatic heterocycles. The van der Waals surface area contributed by atoms with E-state index < -0.39 is 0 Å². The third-order valence-electron chi connectivity index (χ3n) is 2.33. The predicted octanol–water partition coefficient (Wildman–Crippen LogP) is 2.73. The molecule has 1 aromatic rings. The molecular weight excluding hydrogens is 198 g/mol. The largest absolute Gasteiger partial charge is 0.299 e. The smallest absolute Gasteiger partial charge is 0.0660 e. The molecule has 2 heterocycles. The summed E-state index contributed by atoms with van der Waals surface area (Å²) in [7, 11) is 0. The normalized spacial score (nSPS) is 33.8. The molecule has 0 bridgehead atoms. The van der Waals surface area contributed by atoms with Crippen molar-refractivity contribution in [3.05, 3.63) is 22.4 Å². The Balaban J connectivity index is 2.01. The van der Waals surface area contributed by atoms with Crippen LogP contribution in [0.3, 0.4) is 0 Å². The minimum absolute atomic E-state index is 0.264. The van der Waals surface area contributed by atoms with E-state index in [1.54, 1.807) is 11.3 Å². The molecule has 1 nitrogen and oxygen atoms in total. The summed E-state index contributed by atoms with van der Waals surface area (Å²) in [5.74, 6) is 1.24. The summed E-state index contributed by atoms with van der Waals surface area (Å²) in [5.41, 5.74) is 1.46. The molecule has 72 valence electrons. The third kappa shape index (κ3) is 2.27. The van der Waals surface area contributed by atoms with E-state index in [-0.39, 0.29) is 4.87 Å². The van der Waals surface area contributed by atoms with Gasteiger partial charge in [-0.1, -0.05) is 0 Å². The first-order chi connectivity index (χ1) is 6.18. The van der Waals surface area contributed by atoms with Crippen molar-refractivity contribution in [1.29, 1.82) is 0 Å². The average Bonchev–Trinajstić information content (AvgIpc) is 2.62. The zero-order valence-electron chi connectivity index (χ0n) is 8.04. The first-order valence-corrected chi connectivity index (χ1v) is 6.53. The highest BCUT2D eigenvalue weighted by Crippen LogP contribution is 2.33. The molecule has 0 amide bonds. The third-order valence-corrected chi connectivity index (χ3v) is 4.62. The van der Waals surface area contributed by atoms with Crippen LogP contribution in [0.15, 0.2) is 16.8 Å². The lowest BCUT2D eigenvalue weighted by atomic mass is 10.1. The van der Waals surface area contributed by atoms with Crippen LogP contribution in [0.5, 0.6) is 0 Å². The second-order valence-electron chi connectivity index (χ2n) is 3.90. The number of thiophene rings is 1. The van der Waals surface area contributed by atoms with Crippen LogP contribution in [-0.2, 0) is 6.42 Å². The van der Waals surface area contributed by atoms with Crippen LogP contribution in [0, 0.1) is 0 Å². The fourth-order valence-electron chi connectivity index (χ4n) is 1.80. The molecule has 3 heteroatoms. The van der Waals surface area contributed by atoms with E-state index in [4.69, 9.17) is 0 Å². The van der Waals surface area contributed by atoms with E-state index in [1.807, 2.05) is 11.8 Å². The van der Waals surface area contributed by atoms with Crippen LogP contribution in [0.2, 0.25) is 0 Å². The van der Waals surface area contributed by atoms with Crippen LogP contribution in [0.1, 0.15) is 19.4 Å². The van der Waals surface area contributed by atoms with E-state index in [0.717, 1.165) is 6.42 Å². The first kappa shape index (κ1) is 9.56. The van der Waals surface area contributed by atoms with Crippen molar-refractivity contribution in [2.24, 2.45) is 0 Å². The Bertz CT molecular complexity index is 270. The Morgan fingerprint density at radius 2 is 2.54 bits per heavy atom. The van der Waals surface area contributed by atoms with Crippen molar-refractivity contribution in [1.82, 2.24) is 5.32 Å². The van der Waals surface area contributed by atoms with Crippen molar-refractivity contribution in [3.63, 3.8) is 0 Å². The molecule has 1 aliphatic rings. The molecule has 2 unspecified atom stereocenters. The van der Waals surface area contributed by atoms with Gasteiger partial charge in [0, 0.05) is 18.2 Å². The van der Waals surface area contributed by atoms with Crippen molar-refractivity contribution in [2.45, 2.75) is 31.2 Å². The molecule has 0 aliphatic carbocycles. The summed E-state index contributed by atoms with van der Waals surface area (Å²) in [6.07, 6.45) is 1.14. The molecule has 1 fully saturated rings. The van der Waals surface area contributed by atoms with Gasteiger partial charge in [0.2, 0.25) is 0 Å². The van der Waals surface area contributed by atoms with Gasteiger partial charge >= 0.3 is 0 Å². The van der Waals surface area contributed by atoms with Crippen molar-refractivity contribution >= 4 is 23.1 Å². The lowest BCUT2D eigenvalue weighted by Gasteiger charge is -2.23. The average molecular weight is 213 g/mol. The number of nitrogens with one attached hydrogen (secondary N) is 1. The maximum Gasteiger partial charge on any atom is 0.0660 e. The summed E-state index contributed by atoms with van der Waals surface area (Å²) in [6.45, 7) is 4.56. The van der Waals surface area contributed by atoms with Crippen LogP contribution in [0.25, 0.3) is 0 Å². The summed E-state index contributed by atoms with van der Waals surface area (Å²) in [4.78, 5) is 0.264. The molecule has 0 saturated carbocycles. The van der Waals surface area contributed by atoms with E-state index in [1.165, 1.54) is 11.3 Å². The maximum atomic E-state index is 3.64. The van der Waals surface area contributed by atoms with Crippen molar-refractivity contribution < 1.29 is 0 Å². The Morgan fingerprint density at radius 3 is 3.08 bits per heavy atom. The highest BCUT2D eigenvalue weighted by Gasteiger charge is 2.32. The van der Waals surface area contributed by atoms with Gasteiger partial charge in [-0.05, 0) is 36.2 Å². The molecule has 1 aromatic heterocycles. The Kier molecular flexibility index (Phi) is 2.67. The second-order valence-corrected chi connectivity index (χ2v) is 6.20. The van der Waals surface area contributed by atoms with E-state index in [9.17, 15) is 0 Å². The SMILES string of the molecule is CC1CSC(C)(Cc2ccsc2)N1. The first-order valence-electron chi connectivity index (χ1n) is 4.61. The molecule has 1 saturated heterocycles. The van der Waals surface area contributed by atoms with E-state index >= 15 is 0 Å². The standard InChI is InChI=1S/C10H15NS2/c1-8-6-13-10(2,11-8)5-9-3-4-12-7-9/h3-4,7-8,11H,5-6H2,1-2H3. The number of thioether (sulfide) groups is 1. The molecular formula is C10H15NS2. The van der Waals surface area contributed by atoms with Gasteiger partial charge in [-0.3, -0.25) is 5.32 Å². The zero-order valence-corrected chi connectivity index (χ0v) is 9.67. The molecule has 0 radical (unpaired) electrons. The summed E-state index contributed by atoms with van der Waals surface area (Å²) in [6, 6.07) is 2.88. The Hall–Kier alpha value is 0.01000. The lowest BCUT2D eigenvalue weighted by molar-refractivity contribution is 0.482. The molecule has 0 aromatic carbocycles. The topological polar surface area (TPSA) is 12.0 Å². The lowest BCUT2D eigenvalue weighted by Crippen LogP contribution is -2.39. The number of rotatable bonds is 2. The van der Waals surface area contributed by atoms with Gasteiger partial charge in [0.05, 0.1) is 4.87 Å². The van der Waals surface area contributed by atoms with Gasteiger partial charge in [0.15, 0.2) is 0 Å². The molecule has 1 N–H and O–H groups in total. The summed E-state index contributed by atoms with van der Waals surface area (Å²) < 4.78 is 0. The van der Waals surface area contributed by atoms with E-state index in [0.29, 0.717) is 6.04 Å². The van der Waals surface area contributed by atoms with Gasteiger partial charge in [-0.25, -0.2) is 0 Å². The molecule has 2 atom stereocenters. The second kappa shape index (κ2) is 3.64. The predicted molar refractivity (Wildman–Crippen MR) is 61.5 cm³/mol. The van der Waals surface area contributed by atoms with Crippen LogP contribution in [0.4, 0.5) is 0 Å². The van der Waals surface area contributed by atoms with Gasteiger partial charge in [0.25, 0.3) is 0 Å². The van der Waals surface area contributed by atoms with Crippen LogP contribution in [-0.4, -0.2) is 16.7 Å². The minimum atomic E-state index is 0.264. The number of hydrogen-bond acceptors (Lipinski definition) is 3. The van der Waals surface area contributed by atoms with Gasteiger partial charge in [-0.2, -0.15) is 11.3 Å². The fraction of sp³-hybridized carbons (Fsp3) is 0.600. The maximum absolute atomic E-state index is 3.64. The van der Waals surface area contributed by atoms with Gasteiger partial charge < -0.3 is 0 Å². The van der Waals surface area contributed by atoms with Crippen molar-refractivity contribution in [2.75, 3.05) is 5.75 Å². The quantitative estimate of drug-likeness (QED) is 0.810. The summed E-state index contributed by atoms with van der Waals surface area (Å²) >= 11 is 3.83. The van der Waals surface area contributed by atoms with Gasteiger partial charge in [0.1, 0.15) is 0 Å². The fourth-order valence-corrected chi connectivity index (χ4v) is 3.72. The van der Waals surface area contributed by atoms with Crippen LogP contribution >= 0.6 is 23.1 Å². The highest BCUT2D eigenvalue weighted by molar-refractivity contribution is 8.00. The van der Waals surface area contributed by atoms with Crippen LogP contribution < -0.4 is 5.32 Å². The van der Waals surface area contributed by atoms with Crippen molar-refractivity contribution in [3.8, 4) is 0 Å². The minimum Gasteiger partial charge on any atom is -0.299 e. The Labute approximate surface area is 87.9 Å². The zero-order chi connectivity index (χ0) is 9.31. The number of hydrogen-bond donors (Lipinski definition) is 1. The molecule has 13 heavy (non-hydrogen) atoms. The Morgan fingerprint density at radius 1 is 1.69 bits per heavy atom. The van der Waals surface area contributed by atoms with Gasteiger partial charge in [-0.15, -0.1) is 11.8 Å².